The fraction of sp³-hybridized carbons (Fsp3) is 1.00. The molecule has 1 heterocycles. The quantitative estimate of drug-likeness (QED) is 0.702. The molecule has 0 radical (unpaired) electrons. The van der Waals surface area contributed by atoms with Crippen molar-refractivity contribution in [2.24, 2.45) is 11.7 Å². The zero-order valence-electron chi connectivity index (χ0n) is 8.50. The average molecular weight is 187 g/mol. The van der Waals surface area contributed by atoms with E-state index in [0.29, 0.717) is 18.6 Å². The number of rotatable bonds is 5. The predicted molar refractivity (Wildman–Crippen MR) is 52.6 cm³/mol. The van der Waals surface area contributed by atoms with Gasteiger partial charge < -0.3 is 15.2 Å². The van der Waals surface area contributed by atoms with Gasteiger partial charge in [0.25, 0.3) is 0 Å². The van der Waals surface area contributed by atoms with E-state index < -0.39 is 0 Å². The Morgan fingerprint density at radius 2 is 2.38 bits per heavy atom. The summed E-state index contributed by atoms with van der Waals surface area (Å²) in [7, 11) is 0. The van der Waals surface area contributed by atoms with Crippen LogP contribution in [0.5, 0.6) is 0 Å². The van der Waals surface area contributed by atoms with Crippen molar-refractivity contribution < 1.29 is 9.47 Å². The number of hydrogen-bond acceptors (Lipinski definition) is 3. The molecule has 0 spiro atoms. The summed E-state index contributed by atoms with van der Waals surface area (Å²) in [5, 5.41) is 0. The van der Waals surface area contributed by atoms with Gasteiger partial charge in [0.15, 0.2) is 0 Å². The molecule has 3 heteroatoms. The van der Waals surface area contributed by atoms with Gasteiger partial charge in [-0.1, -0.05) is 6.92 Å². The third-order valence-electron chi connectivity index (χ3n) is 2.38. The Morgan fingerprint density at radius 1 is 1.54 bits per heavy atom. The van der Waals surface area contributed by atoms with E-state index in [-0.39, 0.29) is 0 Å². The van der Waals surface area contributed by atoms with Crippen molar-refractivity contribution in [3.05, 3.63) is 0 Å². The van der Waals surface area contributed by atoms with E-state index in [2.05, 4.69) is 6.92 Å². The van der Waals surface area contributed by atoms with E-state index in [0.717, 1.165) is 26.2 Å². The Balaban J connectivity index is 1.98. The van der Waals surface area contributed by atoms with Crippen LogP contribution in [0.4, 0.5) is 0 Å². The molecule has 1 saturated heterocycles. The maximum Gasteiger partial charge on any atom is 0.0808 e. The summed E-state index contributed by atoms with van der Waals surface area (Å²) in [5.74, 6) is 0.462. The van der Waals surface area contributed by atoms with Gasteiger partial charge >= 0.3 is 0 Å². The molecular weight excluding hydrogens is 166 g/mol. The molecule has 78 valence electrons. The molecule has 0 saturated carbocycles. The number of hydrogen-bond donors (Lipinski definition) is 1. The fourth-order valence-corrected chi connectivity index (χ4v) is 1.41. The van der Waals surface area contributed by atoms with Crippen LogP contribution in [0.1, 0.15) is 26.2 Å². The summed E-state index contributed by atoms with van der Waals surface area (Å²) < 4.78 is 11.1. The fourth-order valence-electron chi connectivity index (χ4n) is 1.41. The molecule has 1 aliphatic heterocycles. The molecule has 2 atom stereocenters. The van der Waals surface area contributed by atoms with Crippen LogP contribution < -0.4 is 5.73 Å². The third kappa shape index (κ3) is 4.60. The lowest BCUT2D eigenvalue weighted by Gasteiger charge is -2.22. The van der Waals surface area contributed by atoms with Crippen molar-refractivity contribution in [1.82, 2.24) is 0 Å². The van der Waals surface area contributed by atoms with Crippen molar-refractivity contribution in [3.8, 4) is 0 Å². The highest BCUT2D eigenvalue weighted by molar-refractivity contribution is 4.62. The van der Waals surface area contributed by atoms with Crippen molar-refractivity contribution in [2.45, 2.75) is 32.3 Å². The molecule has 1 aliphatic rings. The Bertz CT molecular complexity index is 124. The van der Waals surface area contributed by atoms with Crippen LogP contribution in [0.15, 0.2) is 0 Å². The van der Waals surface area contributed by atoms with E-state index in [1.807, 2.05) is 0 Å². The average Bonchev–Trinajstić information content (AvgIpc) is 2.19. The molecule has 3 nitrogen and oxygen atoms in total. The highest BCUT2D eigenvalue weighted by Crippen LogP contribution is 2.12. The highest BCUT2D eigenvalue weighted by Gasteiger charge is 2.13. The lowest BCUT2D eigenvalue weighted by Crippen LogP contribution is -2.26. The minimum absolute atomic E-state index is 0.332. The molecule has 0 aromatic rings. The second kappa shape index (κ2) is 6.35. The van der Waals surface area contributed by atoms with Gasteiger partial charge in [-0.2, -0.15) is 0 Å². The second-order valence-corrected chi connectivity index (χ2v) is 3.87. The molecule has 13 heavy (non-hydrogen) atoms. The Hall–Kier alpha value is -0.120. The van der Waals surface area contributed by atoms with Crippen LogP contribution in [0.3, 0.4) is 0 Å². The van der Waals surface area contributed by atoms with E-state index in [1.165, 1.54) is 12.8 Å². The summed E-state index contributed by atoms with van der Waals surface area (Å²) in [5.41, 5.74) is 5.48. The topological polar surface area (TPSA) is 44.5 Å². The van der Waals surface area contributed by atoms with Crippen LogP contribution in [0.25, 0.3) is 0 Å². The summed E-state index contributed by atoms with van der Waals surface area (Å²) >= 11 is 0. The zero-order valence-corrected chi connectivity index (χ0v) is 8.50. The van der Waals surface area contributed by atoms with Crippen LogP contribution >= 0.6 is 0 Å². The van der Waals surface area contributed by atoms with Gasteiger partial charge in [0.2, 0.25) is 0 Å². The molecule has 1 rings (SSSR count). The Kier molecular flexibility index (Phi) is 5.35. The van der Waals surface area contributed by atoms with E-state index in [9.17, 15) is 0 Å². The zero-order chi connectivity index (χ0) is 9.52. The first-order chi connectivity index (χ1) is 6.33. The molecule has 2 N–H and O–H groups in total. The van der Waals surface area contributed by atoms with Crippen LogP contribution in [0.2, 0.25) is 0 Å². The summed E-state index contributed by atoms with van der Waals surface area (Å²) in [6, 6.07) is 0. The van der Waals surface area contributed by atoms with Gasteiger partial charge in [-0.25, -0.2) is 0 Å². The van der Waals surface area contributed by atoms with E-state index in [4.69, 9.17) is 15.2 Å². The minimum Gasteiger partial charge on any atom is -0.378 e. The molecule has 2 unspecified atom stereocenters. The Morgan fingerprint density at radius 3 is 3.00 bits per heavy atom. The molecule has 0 aromatic carbocycles. The smallest absolute Gasteiger partial charge is 0.0808 e. The normalized spacial score (nSPS) is 25.8. The number of ether oxygens (including phenoxy) is 2. The third-order valence-corrected chi connectivity index (χ3v) is 2.38. The standard InChI is InChI=1S/C10H21NO2/c1-9(6-11)7-12-8-10-4-2-3-5-13-10/h9-10H,2-8,11H2,1H3. The minimum atomic E-state index is 0.332. The lowest BCUT2D eigenvalue weighted by molar-refractivity contribution is -0.0454. The van der Waals surface area contributed by atoms with Gasteiger partial charge in [0, 0.05) is 6.61 Å². The molecule has 0 aliphatic carbocycles. The first-order valence-corrected chi connectivity index (χ1v) is 5.22. The SMILES string of the molecule is CC(CN)COCC1CCCCO1. The Labute approximate surface area is 80.6 Å². The van der Waals surface area contributed by atoms with Crippen molar-refractivity contribution in [1.29, 1.82) is 0 Å². The van der Waals surface area contributed by atoms with Crippen molar-refractivity contribution >= 4 is 0 Å². The maximum atomic E-state index is 5.54. The summed E-state index contributed by atoms with van der Waals surface area (Å²) in [6.07, 6.45) is 3.96. The monoisotopic (exact) mass is 187 g/mol. The van der Waals surface area contributed by atoms with Crippen LogP contribution in [-0.2, 0) is 9.47 Å². The van der Waals surface area contributed by atoms with Gasteiger partial charge in [-0.3, -0.25) is 0 Å². The molecule has 0 bridgehead atoms. The maximum absolute atomic E-state index is 5.54. The van der Waals surface area contributed by atoms with Crippen LogP contribution in [-0.4, -0.2) is 32.5 Å². The predicted octanol–water partition coefficient (Wildman–Crippen LogP) is 1.17. The first kappa shape index (κ1) is 11.0. The second-order valence-electron chi connectivity index (χ2n) is 3.87. The molecule has 0 amide bonds. The van der Waals surface area contributed by atoms with Gasteiger partial charge in [0.05, 0.1) is 19.3 Å². The van der Waals surface area contributed by atoms with E-state index in [1.54, 1.807) is 0 Å². The molecule has 0 aromatic heterocycles. The van der Waals surface area contributed by atoms with E-state index >= 15 is 0 Å². The van der Waals surface area contributed by atoms with Gasteiger partial charge in [-0.05, 0) is 31.7 Å². The van der Waals surface area contributed by atoms with Gasteiger partial charge in [0.1, 0.15) is 0 Å². The van der Waals surface area contributed by atoms with Crippen molar-refractivity contribution in [2.75, 3.05) is 26.4 Å². The van der Waals surface area contributed by atoms with Crippen molar-refractivity contribution in [3.63, 3.8) is 0 Å². The summed E-state index contributed by atoms with van der Waals surface area (Å²) in [4.78, 5) is 0. The highest BCUT2D eigenvalue weighted by atomic mass is 16.5. The molecular formula is C10H21NO2. The molecule has 1 fully saturated rings. The lowest BCUT2D eigenvalue weighted by atomic mass is 10.1. The summed E-state index contributed by atoms with van der Waals surface area (Å²) in [6.45, 7) is 5.20. The first-order valence-electron chi connectivity index (χ1n) is 5.22. The largest absolute Gasteiger partial charge is 0.378 e. The number of nitrogens with two attached hydrogens (primary N) is 1. The van der Waals surface area contributed by atoms with Crippen LogP contribution in [0, 0.1) is 5.92 Å². The van der Waals surface area contributed by atoms with Gasteiger partial charge in [-0.15, -0.1) is 0 Å².